The number of nitrogens with zero attached hydrogens (tertiary/aromatic N) is 4. The SMILES string of the molecule is CN(CC(O)(Cn1cncn1)c1ccc(Cl)cc1Cl)S(C)(=O)=O. The molecule has 0 fully saturated rings. The molecule has 0 saturated heterocycles. The van der Waals surface area contributed by atoms with Crippen LogP contribution in [0.3, 0.4) is 0 Å². The number of benzene rings is 1. The van der Waals surface area contributed by atoms with Crippen LogP contribution in [0.1, 0.15) is 5.56 Å². The predicted octanol–water partition coefficient (Wildman–Crippen LogP) is 1.36. The van der Waals surface area contributed by atoms with Crippen LogP contribution in [0, 0.1) is 0 Å². The number of rotatable bonds is 6. The highest BCUT2D eigenvalue weighted by atomic mass is 35.5. The Morgan fingerprint density at radius 3 is 2.61 bits per heavy atom. The maximum absolute atomic E-state index is 11.7. The van der Waals surface area contributed by atoms with Crippen LogP contribution < -0.4 is 0 Å². The molecule has 0 saturated carbocycles. The second kappa shape index (κ2) is 6.74. The first-order valence-corrected chi connectivity index (χ1v) is 9.14. The summed E-state index contributed by atoms with van der Waals surface area (Å²) in [7, 11) is -2.10. The van der Waals surface area contributed by atoms with E-state index in [4.69, 9.17) is 23.2 Å². The van der Waals surface area contributed by atoms with E-state index in [2.05, 4.69) is 10.1 Å². The topological polar surface area (TPSA) is 88.3 Å². The number of likely N-dealkylation sites (N-methyl/N-ethyl adjacent to an activating group) is 1. The molecule has 0 radical (unpaired) electrons. The average molecular weight is 379 g/mol. The number of aliphatic hydroxyl groups is 1. The Bertz CT molecular complexity index is 783. The molecule has 1 atom stereocenters. The summed E-state index contributed by atoms with van der Waals surface area (Å²) in [6.07, 6.45) is 3.81. The second-order valence-corrected chi connectivity index (χ2v) is 8.20. The van der Waals surface area contributed by atoms with Gasteiger partial charge in [0.15, 0.2) is 0 Å². The summed E-state index contributed by atoms with van der Waals surface area (Å²) in [5.74, 6) is 0. The summed E-state index contributed by atoms with van der Waals surface area (Å²) in [5, 5.41) is 15.7. The first-order chi connectivity index (χ1) is 10.6. The van der Waals surface area contributed by atoms with Gasteiger partial charge in [-0.25, -0.2) is 22.4 Å². The molecular formula is C13H16Cl2N4O3S. The number of sulfonamides is 1. The Balaban J connectivity index is 2.45. The Morgan fingerprint density at radius 2 is 2.09 bits per heavy atom. The van der Waals surface area contributed by atoms with E-state index in [1.807, 2.05) is 0 Å². The zero-order valence-electron chi connectivity index (χ0n) is 12.5. The van der Waals surface area contributed by atoms with Crippen molar-refractivity contribution < 1.29 is 13.5 Å². The first kappa shape index (κ1) is 18.2. The molecule has 0 aliphatic rings. The predicted molar refractivity (Wildman–Crippen MR) is 87.9 cm³/mol. The second-order valence-electron chi connectivity index (χ2n) is 5.27. The fourth-order valence-corrected chi connectivity index (χ4v) is 3.19. The molecule has 2 aromatic rings. The Morgan fingerprint density at radius 1 is 1.39 bits per heavy atom. The fourth-order valence-electron chi connectivity index (χ4n) is 2.16. The van der Waals surface area contributed by atoms with Crippen LogP contribution in [-0.4, -0.2) is 52.4 Å². The van der Waals surface area contributed by atoms with Crippen molar-refractivity contribution in [1.82, 2.24) is 19.1 Å². The molecular weight excluding hydrogens is 363 g/mol. The van der Waals surface area contributed by atoms with Crippen LogP contribution in [0.2, 0.25) is 10.0 Å². The lowest BCUT2D eigenvalue weighted by atomic mass is 9.93. The third kappa shape index (κ3) is 4.42. The van der Waals surface area contributed by atoms with Gasteiger partial charge in [0.05, 0.1) is 12.8 Å². The summed E-state index contributed by atoms with van der Waals surface area (Å²) in [6.45, 7) is -0.221. The van der Waals surface area contributed by atoms with E-state index in [0.717, 1.165) is 10.6 Å². The molecule has 1 unspecified atom stereocenters. The van der Waals surface area contributed by atoms with Gasteiger partial charge < -0.3 is 5.11 Å². The van der Waals surface area contributed by atoms with Crippen molar-refractivity contribution in [3.05, 3.63) is 46.5 Å². The van der Waals surface area contributed by atoms with Gasteiger partial charge in [0.2, 0.25) is 10.0 Å². The van der Waals surface area contributed by atoms with Crippen molar-refractivity contribution in [2.45, 2.75) is 12.1 Å². The molecule has 1 heterocycles. The Hall–Kier alpha value is -1.19. The van der Waals surface area contributed by atoms with Crippen LogP contribution in [0.5, 0.6) is 0 Å². The van der Waals surface area contributed by atoms with Gasteiger partial charge in [-0.2, -0.15) is 5.10 Å². The highest BCUT2D eigenvalue weighted by molar-refractivity contribution is 7.88. The molecule has 2 rings (SSSR count). The van der Waals surface area contributed by atoms with Gasteiger partial charge in [0.1, 0.15) is 18.3 Å². The van der Waals surface area contributed by atoms with Crippen LogP contribution in [-0.2, 0) is 22.2 Å². The third-order valence-corrected chi connectivity index (χ3v) is 5.18. The zero-order chi connectivity index (χ0) is 17.3. The molecule has 0 aliphatic carbocycles. The summed E-state index contributed by atoms with van der Waals surface area (Å²) < 4.78 is 25.9. The molecule has 7 nitrogen and oxygen atoms in total. The standard InChI is InChI=1S/C13H16Cl2N4O3S/c1-18(23(2,21)22)6-13(20,7-19-9-16-8-17-19)11-4-3-10(14)5-12(11)15/h3-5,8-9,20H,6-7H2,1-2H3. The minimum Gasteiger partial charge on any atom is -0.382 e. The van der Waals surface area contributed by atoms with Gasteiger partial charge in [-0.05, 0) is 12.1 Å². The quantitative estimate of drug-likeness (QED) is 0.819. The van der Waals surface area contributed by atoms with Crippen molar-refractivity contribution in [2.24, 2.45) is 0 Å². The number of hydrogen-bond acceptors (Lipinski definition) is 5. The zero-order valence-corrected chi connectivity index (χ0v) is 14.8. The van der Waals surface area contributed by atoms with E-state index >= 15 is 0 Å². The minimum absolute atomic E-state index is 0.0196. The molecule has 1 N–H and O–H groups in total. The minimum atomic E-state index is -3.49. The largest absolute Gasteiger partial charge is 0.382 e. The lowest BCUT2D eigenvalue weighted by Crippen LogP contribution is -2.44. The van der Waals surface area contributed by atoms with Gasteiger partial charge in [0, 0.05) is 29.2 Å². The monoisotopic (exact) mass is 378 g/mol. The van der Waals surface area contributed by atoms with Gasteiger partial charge in [0.25, 0.3) is 0 Å². The summed E-state index contributed by atoms with van der Waals surface area (Å²) >= 11 is 12.1. The van der Waals surface area contributed by atoms with Gasteiger partial charge >= 0.3 is 0 Å². The van der Waals surface area contributed by atoms with Crippen molar-refractivity contribution >= 4 is 33.2 Å². The normalized spacial score (nSPS) is 14.9. The van der Waals surface area contributed by atoms with E-state index < -0.39 is 15.6 Å². The van der Waals surface area contributed by atoms with Gasteiger partial charge in [-0.1, -0.05) is 29.3 Å². The maximum atomic E-state index is 11.7. The number of hydrogen-bond donors (Lipinski definition) is 1. The molecule has 0 amide bonds. The van der Waals surface area contributed by atoms with Crippen LogP contribution >= 0.6 is 23.2 Å². The van der Waals surface area contributed by atoms with Crippen LogP contribution in [0.4, 0.5) is 0 Å². The number of halogens is 2. The van der Waals surface area contributed by atoms with E-state index in [9.17, 15) is 13.5 Å². The highest BCUT2D eigenvalue weighted by Gasteiger charge is 2.36. The summed E-state index contributed by atoms with van der Waals surface area (Å²) in [5.41, 5.74) is -1.25. The summed E-state index contributed by atoms with van der Waals surface area (Å²) in [6, 6.07) is 4.64. The lowest BCUT2D eigenvalue weighted by Gasteiger charge is -2.32. The Labute approximate surface area is 144 Å². The van der Waals surface area contributed by atoms with E-state index in [0.29, 0.717) is 10.6 Å². The van der Waals surface area contributed by atoms with E-state index in [1.165, 1.54) is 30.5 Å². The highest BCUT2D eigenvalue weighted by Crippen LogP contribution is 2.32. The van der Waals surface area contributed by atoms with Crippen molar-refractivity contribution in [3.8, 4) is 0 Å². The maximum Gasteiger partial charge on any atom is 0.211 e. The van der Waals surface area contributed by atoms with Crippen molar-refractivity contribution in [2.75, 3.05) is 19.8 Å². The molecule has 23 heavy (non-hydrogen) atoms. The third-order valence-electron chi connectivity index (χ3n) is 3.37. The summed E-state index contributed by atoms with van der Waals surface area (Å²) in [4.78, 5) is 3.82. The fraction of sp³-hybridized carbons (Fsp3) is 0.385. The molecule has 1 aromatic heterocycles. The van der Waals surface area contributed by atoms with Crippen molar-refractivity contribution in [1.29, 1.82) is 0 Å². The molecule has 0 spiro atoms. The van der Waals surface area contributed by atoms with Gasteiger partial charge in [-0.3, -0.25) is 0 Å². The van der Waals surface area contributed by atoms with Crippen molar-refractivity contribution in [3.63, 3.8) is 0 Å². The first-order valence-electron chi connectivity index (χ1n) is 6.53. The van der Waals surface area contributed by atoms with E-state index in [-0.39, 0.29) is 18.1 Å². The van der Waals surface area contributed by atoms with Crippen LogP contribution in [0.25, 0.3) is 0 Å². The van der Waals surface area contributed by atoms with E-state index in [1.54, 1.807) is 12.1 Å². The Kier molecular flexibility index (Phi) is 5.32. The number of aromatic nitrogens is 3. The molecule has 0 aliphatic heterocycles. The average Bonchev–Trinajstić information content (AvgIpc) is 2.89. The lowest BCUT2D eigenvalue weighted by molar-refractivity contribution is 0.00225. The molecule has 0 bridgehead atoms. The smallest absolute Gasteiger partial charge is 0.211 e. The molecule has 10 heteroatoms. The molecule has 126 valence electrons. The molecule has 1 aromatic carbocycles. The van der Waals surface area contributed by atoms with Crippen LogP contribution in [0.15, 0.2) is 30.9 Å². The van der Waals surface area contributed by atoms with Gasteiger partial charge in [-0.15, -0.1) is 0 Å².